The van der Waals surface area contributed by atoms with Gasteiger partial charge in [0.05, 0.1) is 0 Å². The van der Waals surface area contributed by atoms with Crippen LogP contribution in [-0.4, -0.2) is 5.97 Å². The number of benzene rings is 1. The van der Waals surface area contributed by atoms with Crippen LogP contribution >= 0.6 is 15.9 Å². The van der Waals surface area contributed by atoms with Crippen LogP contribution in [0.3, 0.4) is 0 Å². The molecule has 2 nitrogen and oxygen atoms in total. The van der Waals surface area contributed by atoms with E-state index < -0.39 is 35.0 Å². The summed E-state index contributed by atoms with van der Waals surface area (Å²) in [6, 6.07) is 0.0353. The number of esters is 1. The van der Waals surface area contributed by atoms with Crippen molar-refractivity contribution >= 4 is 21.9 Å². The van der Waals surface area contributed by atoms with E-state index in [0.29, 0.717) is 12.8 Å². The van der Waals surface area contributed by atoms with Crippen molar-refractivity contribution in [1.82, 2.24) is 0 Å². The fraction of sp³-hybridized carbons (Fsp3) is 0.250. The highest BCUT2D eigenvalue weighted by atomic mass is 79.9. The molecular weight excluding hydrogens is 332 g/mol. The Bertz CT molecular complexity index is 523. The minimum Gasteiger partial charge on any atom is -0.420 e. The molecule has 0 spiro atoms. The minimum absolute atomic E-state index is 0.0353. The van der Waals surface area contributed by atoms with E-state index in [2.05, 4.69) is 31.4 Å². The summed E-state index contributed by atoms with van der Waals surface area (Å²) >= 11 is 2.85. The number of hydrogen-bond donors (Lipinski definition) is 0. The van der Waals surface area contributed by atoms with Crippen molar-refractivity contribution < 1.29 is 27.1 Å². The smallest absolute Gasteiger partial charge is 0.311 e. The Kier molecular flexibility index (Phi) is 5.83. The van der Waals surface area contributed by atoms with E-state index in [1.165, 1.54) is 0 Å². The fourth-order valence-corrected chi connectivity index (χ4v) is 1.37. The highest BCUT2D eigenvalue weighted by Crippen LogP contribution is 2.26. The van der Waals surface area contributed by atoms with Crippen molar-refractivity contribution in [2.45, 2.75) is 19.3 Å². The van der Waals surface area contributed by atoms with Gasteiger partial charge in [-0.25, -0.2) is 8.78 Å². The normalized spacial score (nSPS) is 9.74. The van der Waals surface area contributed by atoms with Crippen molar-refractivity contribution in [3.8, 4) is 16.5 Å². The second kappa shape index (κ2) is 7.14. The number of rotatable bonds is 4. The Labute approximate surface area is 114 Å². The molecule has 7 heteroatoms. The van der Waals surface area contributed by atoms with Crippen LogP contribution in [0.5, 0.6) is 5.75 Å². The highest BCUT2D eigenvalue weighted by molar-refractivity contribution is 9.12. The lowest BCUT2D eigenvalue weighted by Crippen LogP contribution is -2.11. The molecule has 0 aliphatic rings. The number of halogens is 5. The topological polar surface area (TPSA) is 26.3 Å². The van der Waals surface area contributed by atoms with Crippen LogP contribution in [0, 0.1) is 34.0 Å². The first-order valence-electron chi connectivity index (χ1n) is 5.09. The van der Waals surface area contributed by atoms with Gasteiger partial charge in [-0.15, -0.1) is 0 Å². The van der Waals surface area contributed by atoms with Crippen molar-refractivity contribution in [2.24, 2.45) is 0 Å². The van der Waals surface area contributed by atoms with E-state index in [9.17, 15) is 22.4 Å². The van der Waals surface area contributed by atoms with Gasteiger partial charge < -0.3 is 4.74 Å². The SMILES string of the molecule is O=C(CCCC#CBr)Oc1c(F)c(F)cc(F)c1F. The van der Waals surface area contributed by atoms with Crippen LogP contribution in [-0.2, 0) is 4.79 Å². The predicted octanol–water partition coefficient (Wildman–Crippen LogP) is 3.67. The molecule has 1 aromatic carbocycles. The Morgan fingerprint density at radius 1 is 1.21 bits per heavy atom. The van der Waals surface area contributed by atoms with Crippen LogP contribution in [0.15, 0.2) is 6.07 Å². The number of carbonyl (C=O) groups is 1. The lowest BCUT2D eigenvalue weighted by Gasteiger charge is -2.07. The van der Waals surface area contributed by atoms with E-state index in [4.69, 9.17) is 0 Å². The van der Waals surface area contributed by atoms with Crippen molar-refractivity contribution in [1.29, 1.82) is 0 Å². The van der Waals surface area contributed by atoms with Crippen LogP contribution in [0.1, 0.15) is 19.3 Å². The molecular formula is C12H7BrF4O2. The Balaban J connectivity index is 2.76. The third kappa shape index (κ3) is 4.24. The molecule has 0 bridgehead atoms. The molecule has 0 aliphatic heterocycles. The lowest BCUT2D eigenvalue weighted by atomic mass is 10.2. The quantitative estimate of drug-likeness (QED) is 0.209. The van der Waals surface area contributed by atoms with Gasteiger partial charge in [0.1, 0.15) is 0 Å². The van der Waals surface area contributed by atoms with E-state index in [1.54, 1.807) is 0 Å². The van der Waals surface area contributed by atoms with Gasteiger partial charge in [0.2, 0.25) is 17.4 Å². The zero-order valence-electron chi connectivity index (χ0n) is 9.40. The maximum absolute atomic E-state index is 13.2. The molecule has 0 aliphatic carbocycles. The maximum Gasteiger partial charge on any atom is 0.311 e. The second-order valence-corrected chi connectivity index (χ2v) is 3.79. The third-order valence-corrected chi connectivity index (χ3v) is 2.32. The molecule has 0 saturated carbocycles. The second-order valence-electron chi connectivity index (χ2n) is 3.40. The first-order valence-corrected chi connectivity index (χ1v) is 5.88. The zero-order chi connectivity index (χ0) is 14.4. The summed E-state index contributed by atoms with van der Waals surface area (Å²) in [7, 11) is 0. The van der Waals surface area contributed by atoms with Crippen LogP contribution in [0.2, 0.25) is 0 Å². The molecule has 0 N–H and O–H groups in total. The predicted molar refractivity (Wildman–Crippen MR) is 62.5 cm³/mol. The van der Waals surface area contributed by atoms with Gasteiger partial charge in [-0.05, 0) is 11.3 Å². The number of hydrogen-bond acceptors (Lipinski definition) is 2. The van der Waals surface area contributed by atoms with Gasteiger partial charge in [0.25, 0.3) is 0 Å². The molecule has 102 valence electrons. The van der Waals surface area contributed by atoms with Gasteiger partial charge in [-0.2, -0.15) is 8.78 Å². The average molecular weight is 339 g/mol. The Morgan fingerprint density at radius 2 is 1.79 bits per heavy atom. The van der Waals surface area contributed by atoms with Crippen molar-refractivity contribution in [3.63, 3.8) is 0 Å². The molecule has 1 rings (SSSR count). The van der Waals surface area contributed by atoms with Crippen LogP contribution < -0.4 is 4.74 Å². The summed E-state index contributed by atoms with van der Waals surface area (Å²) in [5.74, 6) is -6.52. The summed E-state index contributed by atoms with van der Waals surface area (Å²) in [6.07, 6.45) is 0.472. The lowest BCUT2D eigenvalue weighted by molar-refractivity contribution is -0.134. The molecule has 0 aromatic heterocycles. The maximum atomic E-state index is 13.2. The Hall–Kier alpha value is -1.55. The summed E-state index contributed by atoms with van der Waals surface area (Å²) in [4.78, 5) is 13.7. The van der Waals surface area contributed by atoms with E-state index in [-0.39, 0.29) is 12.5 Å². The Morgan fingerprint density at radius 3 is 2.32 bits per heavy atom. The number of unbranched alkanes of at least 4 members (excludes halogenated alkanes) is 1. The van der Waals surface area contributed by atoms with Gasteiger partial charge in [-0.3, -0.25) is 4.79 Å². The molecule has 0 saturated heterocycles. The third-order valence-electron chi connectivity index (χ3n) is 2.04. The standard InChI is InChI=1S/C12H7BrF4O2/c13-5-3-1-2-4-9(18)19-12-10(16)7(14)6-8(15)11(12)17/h6H,1-2,4H2. The summed E-state index contributed by atoms with van der Waals surface area (Å²) < 4.78 is 56.3. The van der Waals surface area contributed by atoms with Crippen LogP contribution in [0.4, 0.5) is 17.6 Å². The summed E-state index contributed by atoms with van der Waals surface area (Å²) in [5, 5.41) is 0. The number of carbonyl (C=O) groups excluding carboxylic acids is 1. The van der Waals surface area contributed by atoms with Crippen molar-refractivity contribution in [3.05, 3.63) is 29.3 Å². The van der Waals surface area contributed by atoms with Gasteiger partial charge in [0.15, 0.2) is 11.6 Å². The van der Waals surface area contributed by atoms with E-state index in [0.717, 1.165) is 0 Å². The summed E-state index contributed by atoms with van der Waals surface area (Å²) in [6.45, 7) is 0. The van der Waals surface area contributed by atoms with Gasteiger partial charge >= 0.3 is 5.97 Å². The van der Waals surface area contributed by atoms with E-state index >= 15 is 0 Å². The minimum atomic E-state index is -1.74. The highest BCUT2D eigenvalue weighted by Gasteiger charge is 2.22. The van der Waals surface area contributed by atoms with Gasteiger partial charge in [-0.1, -0.05) is 5.92 Å². The molecule has 19 heavy (non-hydrogen) atoms. The first kappa shape index (κ1) is 15.5. The molecule has 0 radical (unpaired) electrons. The van der Waals surface area contributed by atoms with E-state index in [1.807, 2.05) is 0 Å². The number of ether oxygens (including phenoxy) is 1. The molecule has 0 amide bonds. The fourth-order valence-electron chi connectivity index (χ4n) is 1.17. The average Bonchev–Trinajstić information content (AvgIpc) is 2.37. The molecule has 1 aromatic rings. The summed E-state index contributed by atoms with van der Waals surface area (Å²) in [5.41, 5.74) is 0. The molecule has 0 atom stereocenters. The van der Waals surface area contributed by atoms with Crippen LogP contribution in [0.25, 0.3) is 0 Å². The van der Waals surface area contributed by atoms with Gasteiger partial charge in [0, 0.05) is 34.8 Å². The van der Waals surface area contributed by atoms with Crippen molar-refractivity contribution in [2.75, 3.05) is 0 Å². The first-order chi connectivity index (χ1) is 8.97. The molecule has 0 unspecified atom stereocenters. The monoisotopic (exact) mass is 338 g/mol. The zero-order valence-corrected chi connectivity index (χ0v) is 11.0. The molecule has 0 fully saturated rings. The largest absolute Gasteiger partial charge is 0.420 e. The molecule has 0 heterocycles.